The van der Waals surface area contributed by atoms with Crippen LogP contribution < -0.4 is 0 Å². The third-order valence-corrected chi connectivity index (χ3v) is 0.136. The molecule has 1 radical (unpaired) electrons. The summed E-state index contributed by atoms with van der Waals surface area (Å²) in [6, 6.07) is 0. The van der Waals surface area contributed by atoms with Crippen LogP contribution in [0.5, 0.6) is 0 Å². The Labute approximate surface area is 39.2 Å². The van der Waals surface area contributed by atoms with Crippen LogP contribution in [0.1, 0.15) is 0 Å². The number of rotatable bonds is 1. The molecule has 0 spiro atoms. The van der Waals surface area contributed by atoms with Gasteiger partial charge in [0.2, 0.25) is 0 Å². The van der Waals surface area contributed by atoms with Gasteiger partial charge < -0.3 is 0 Å². The first kappa shape index (κ1) is 8.90. The van der Waals surface area contributed by atoms with Crippen LogP contribution >= 0.6 is 0 Å². The highest BCUT2D eigenvalue weighted by atomic mass is 13.4. The highest BCUT2D eigenvalue weighted by molar-refractivity contribution is 4.86. The fraction of sp³-hybridized carbons (Fsp3) is 0. The molecular formula is C6H7. The summed E-state index contributed by atoms with van der Waals surface area (Å²) in [6.07, 6.45) is 10.9. The Balaban J connectivity index is 0. The molecule has 0 unspecified atom stereocenters. The molecule has 0 aromatic carbocycles. The summed E-state index contributed by atoms with van der Waals surface area (Å²) in [6.45, 7) is 8.08. The van der Waals surface area contributed by atoms with Gasteiger partial charge in [-0.15, -0.1) is 12.8 Å². The molecule has 0 N–H and O–H groups in total. The van der Waals surface area contributed by atoms with Crippen molar-refractivity contribution >= 4 is 0 Å². The second kappa shape index (κ2) is 34.5. The van der Waals surface area contributed by atoms with Gasteiger partial charge in [0.15, 0.2) is 0 Å². The summed E-state index contributed by atoms with van der Waals surface area (Å²) < 4.78 is 0. The van der Waals surface area contributed by atoms with Gasteiger partial charge in [-0.3, -0.25) is 0 Å². The molecule has 0 aromatic rings. The van der Waals surface area contributed by atoms with E-state index in [2.05, 4.69) is 19.4 Å². The van der Waals surface area contributed by atoms with E-state index in [-0.39, 0.29) is 0 Å². The SMILES string of the molecule is C#C.[CH]=CC=C. The highest BCUT2D eigenvalue weighted by Crippen LogP contribution is 1.51. The maximum atomic E-state index is 4.78. The first-order chi connectivity index (χ1) is 2.91. The molecule has 0 saturated carbocycles. The zero-order valence-corrected chi connectivity index (χ0v) is 3.59. The lowest BCUT2D eigenvalue weighted by atomic mass is 10.6. The standard InChI is InChI=1S/C4H5.C2H2/c1-3-4-2;1-2/h1,3-4H,2H2;1-2H. The zero-order chi connectivity index (χ0) is 5.41. The molecule has 6 heavy (non-hydrogen) atoms. The summed E-state index contributed by atoms with van der Waals surface area (Å²) in [5, 5.41) is 0. The summed E-state index contributed by atoms with van der Waals surface area (Å²) in [5.41, 5.74) is 0. The maximum absolute atomic E-state index is 4.78. The molecule has 0 rings (SSSR count). The molecule has 0 aliphatic rings. The Morgan fingerprint density at radius 1 is 1.33 bits per heavy atom. The van der Waals surface area contributed by atoms with E-state index in [1.165, 1.54) is 12.2 Å². The van der Waals surface area contributed by atoms with Crippen molar-refractivity contribution in [2.75, 3.05) is 0 Å². The van der Waals surface area contributed by atoms with E-state index >= 15 is 0 Å². The Bertz CT molecular complexity index is 42.3. The predicted molar refractivity (Wildman–Crippen MR) is 29.0 cm³/mol. The minimum Gasteiger partial charge on any atom is -0.124 e. The first-order valence-electron chi connectivity index (χ1n) is 1.41. The zero-order valence-electron chi connectivity index (χ0n) is 3.59. The lowest BCUT2D eigenvalue weighted by Gasteiger charge is -1.43. The fourth-order valence-corrected chi connectivity index (χ4v) is 0. The molecule has 0 bridgehead atoms. The molecule has 0 aliphatic carbocycles. The van der Waals surface area contributed by atoms with Crippen LogP contribution in [0.3, 0.4) is 0 Å². The van der Waals surface area contributed by atoms with Gasteiger partial charge in [-0.2, -0.15) is 0 Å². The lowest BCUT2D eigenvalue weighted by molar-refractivity contribution is 2.11. The maximum Gasteiger partial charge on any atom is -0.0623 e. The fourth-order valence-electron chi connectivity index (χ4n) is 0. The van der Waals surface area contributed by atoms with Gasteiger partial charge in [0.25, 0.3) is 0 Å². The molecule has 0 heteroatoms. The van der Waals surface area contributed by atoms with Crippen molar-refractivity contribution in [2.24, 2.45) is 0 Å². The summed E-state index contributed by atoms with van der Waals surface area (Å²) in [7, 11) is 0. The van der Waals surface area contributed by atoms with Crippen molar-refractivity contribution in [1.29, 1.82) is 0 Å². The molecule has 0 saturated heterocycles. The van der Waals surface area contributed by atoms with Gasteiger partial charge >= 0.3 is 0 Å². The van der Waals surface area contributed by atoms with Crippen molar-refractivity contribution < 1.29 is 0 Å². The molecule has 0 aromatic heterocycles. The summed E-state index contributed by atoms with van der Waals surface area (Å²) in [5.74, 6) is 0. The molecule has 0 fully saturated rings. The van der Waals surface area contributed by atoms with Gasteiger partial charge in [-0.1, -0.05) is 25.3 Å². The molecular weight excluding hydrogens is 72.1 g/mol. The van der Waals surface area contributed by atoms with Crippen LogP contribution in [0.2, 0.25) is 0 Å². The Hall–Kier alpha value is -0.960. The van der Waals surface area contributed by atoms with Gasteiger partial charge in [-0.05, 0) is 0 Å². The van der Waals surface area contributed by atoms with Crippen molar-refractivity contribution in [3.8, 4) is 12.8 Å². The number of allylic oxidation sites excluding steroid dienone is 2. The monoisotopic (exact) mass is 79.1 g/mol. The van der Waals surface area contributed by atoms with Crippen molar-refractivity contribution in [1.82, 2.24) is 0 Å². The smallest absolute Gasteiger partial charge is 0.0623 e. The third kappa shape index (κ3) is 7910. The Morgan fingerprint density at radius 2 is 1.50 bits per heavy atom. The third-order valence-electron chi connectivity index (χ3n) is 0.136. The second-order valence-electron chi connectivity index (χ2n) is 0.428. The van der Waals surface area contributed by atoms with Crippen molar-refractivity contribution in [2.45, 2.75) is 0 Å². The van der Waals surface area contributed by atoms with Crippen molar-refractivity contribution in [3.63, 3.8) is 0 Å². The topological polar surface area (TPSA) is 0 Å². The van der Waals surface area contributed by atoms with Crippen LogP contribution in [0.15, 0.2) is 18.7 Å². The number of hydrogen-bond acceptors (Lipinski definition) is 0. The number of hydrogen-bond donors (Lipinski definition) is 0. The van der Waals surface area contributed by atoms with Gasteiger partial charge in [-0.25, -0.2) is 0 Å². The highest BCUT2D eigenvalue weighted by Gasteiger charge is 1.30. The Morgan fingerprint density at radius 3 is 1.50 bits per heavy atom. The molecule has 0 heterocycles. The van der Waals surface area contributed by atoms with Gasteiger partial charge in [0.05, 0.1) is 0 Å². The van der Waals surface area contributed by atoms with Gasteiger partial charge in [0.1, 0.15) is 0 Å². The second-order valence-corrected chi connectivity index (χ2v) is 0.428. The van der Waals surface area contributed by atoms with Crippen LogP contribution in [-0.2, 0) is 0 Å². The van der Waals surface area contributed by atoms with Crippen LogP contribution in [0.25, 0.3) is 0 Å². The average molecular weight is 79.1 g/mol. The molecule has 0 nitrogen and oxygen atoms in total. The van der Waals surface area contributed by atoms with Gasteiger partial charge in [0, 0.05) is 0 Å². The normalized spacial score (nSPS) is 3.67. The first-order valence-corrected chi connectivity index (χ1v) is 1.41. The summed E-state index contributed by atoms with van der Waals surface area (Å²) >= 11 is 0. The van der Waals surface area contributed by atoms with E-state index in [1.807, 2.05) is 0 Å². The molecule has 31 valence electrons. The van der Waals surface area contributed by atoms with Crippen LogP contribution in [-0.4, -0.2) is 0 Å². The largest absolute Gasteiger partial charge is 0.124 e. The summed E-state index contributed by atoms with van der Waals surface area (Å²) in [4.78, 5) is 0. The Kier molecular flexibility index (Phi) is 51.2. The number of terminal acetylenes is 1. The van der Waals surface area contributed by atoms with Crippen LogP contribution in [0.4, 0.5) is 0 Å². The quantitative estimate of drug-likeness (QED) is 0.329. The predicted octanol–water partition coefficient (Wildman–Crippen LogP) is 1.41. The van der Waals surface area contributed by atoms with E-state index in [9.17, 15) is 0 Å². The van der Waals surface area contributed by atoms with E-state index < -0.39 is 0 Å². The van der Waals surface area contributed by atoms with Crippen molar-refractivity contribution in [3.05, 3.63) is 25.3 Å². The minimum atomic E-state index is 1.39. The van der Waals surface area contributed by atoms with E-state index in [1.54, 1.807) is 0 Å². The van der Waals surface area contributed by atoms with Crippen LogP contribution in [0, 0.1) is 19.4 Å². The molecule has 0 aliphatic heterocycles. The lowest BCUT2D eigenvalue weighted by Crippen LogP contribution is -1.22. The van der Waals surface area contributed by atoms with E-state index in [0.29, 0.717) is 0 Å². The van der Waals surface area contributed by atoms with E-state index in [0.717, 1.165) is 0 Å². The molecule has 0 atom stereocenters. The average Bonchev–Trinajstić information content (AvgIpc) is 1.72. The minimum absolute atomic E-state index is 1.39. The molecule has 0 amide bonds. The van der Waals surface area contributed by atoms with E-state index in [4.69, 9.17) is 6.58 Å².